The van der Waals surface area contributed by atoms with Gasteiger partial charge in [0.05, 0.1) is 11.8 Å². The average Bonchev–Trinajstić information content (AvgIpc) is 2.99. The van der Waals surface area contributed by atoms with Crippen molar-refractivity contribution >= 4 is 39.5 Å². The number of methoxy groups -OCH3 is 1. The summed E-state index contributed by atoms with van der Waals surface area (Å²) in [5.74, 6) is -0.464. The SMILES string of the molecule is COc1cc(/C=C/c2cncc3sc(C(=O)O)cc23)ccc1O. The van der Waals surface area contributed by atoms with Gasteiger partial charge in [-0.3, -0.25) is 4.98 Å². The maximum atomic E-state index is 11.1. The number of phenolic OH excluding ortho intramolecular Hbond substituents is 1. The number of aromatic hydroxyl groups is 1. The number of ether oxygens (including phenoxy) is 1. The van der Waals surface area contributed by atoms with Gasteiger partial charge in [0, 0.05) is 23.3 Å². The Morgan fingerprint density at radius 3 is 2.83 bits per heavy atom. The van der Waals surface area contributed by atoms with Crippen molar-refractivity contribution < 1.29 is 19.7 Å². The quantitative estimate of drug-likeness (QED) is 0.760. The van der Waals surface area contributed by atoms with E-state index in [1.807, 2.05) is 12.2 Å². The first kappa shape index (κ1) is 15.1. The van der Waals surface area contributed by atoms with Crippen LogP contribution in [0.1, 0.15) is 20.8 Å². The second-order valence-electron chi connectivity index (χ2n) is 4.82. The fourth-order valence-corrected chi connectivity index (χ4v) is 3.10. The van der Waals surface area contributed by atoms with Gasteiger partial charge in [0.2, 0.25) is 0 Å². The third-order valence-corrected chi connectivity index (χ3v) is 4.40. The lowest BCUT2D eigenvalue weighted by Crippen LogP contribution is -1.89. The lowest BCUT2D eigenvalue weighted by molar-refractivity contribution is 0.0702. The summed E-state index contributed by atoms with van der Waals surface area (Å²) in [6.45, 7) is 0. The minimum atomic E-state index is -0.940. The number of hydrogen-bond donors (Lipinski definition) is 2. The number of aromatic nitrogens is 1. The van der Waals surface area contributed by atoms with Crippen LogP contribution in [0.15, 0.2) is 36.7 Å². The molecule has 0 aliphatic heterocycles. The average molecular weight is 327 g/mol. The Labute approximate surface area is 136 Å². The van der Waals surface area contributed by atoms with Gasteiger partial charge in [-0.2, -0.15) is 0 Å². The first-order valence-electron chi connectivity index (χ1n) is 6.74. The first-order chi connectivity index (χ1) is 11.1. The maximum Gasteiger partial charge on any atom is 0.345 e. The van der Waals surface area contributed by atoms with Gasteiger partial charge in [-0.25, -0.2) is 4.79 Å². The van der Waals surface area contributed by atoms with Crippen LogP contribution in [0.25, 0.3) is 22.2 Å². The molecular weight excluding hydrogens is 314 g/mol. The number of hydrogen-bond acceptors (Lipinski definition) is 5. The number of rotatable bonds is 4. The Bertz CT molecular complexity index is 914. The van der Waals surface area contributed by atoms with Crippen LogP contribution in [0.5, 0.6) is 11.5 Å². The molecule has 0 aliphatic carbocycles. The van der Waals surface area contributed by atoms with Crippen molar-refractivity contribution in [3.05, 3.63) is 52.7 Å². The van der Waals surface area contributed by atoms with Crippen molar-refractivity contribution in [2.45, 2.75) is 0 Å². The topological polar surface area (TPSA) is 79.7 Å². The molecular formula is C17H13NO4S. The van der Waals surface area contributed by atoms with E-state index in [9.17, 15) is 9.90 Å². The number of pyridine rings is 1. The van der Waals surface area contributed by atoms with Gasteiger partial charge in [0.15, 0.2) is 11.5 Å². The van der Waals surface area contributed by atoms with Crippen LogP contribution in [-0.4, -0.2) is 28.3 Å². The van der Waals surface area contributed by atoms with Crippen LogP contribution in [0.4, 0.5) is 0 Å². The van der Waals surface area contributed by atoms with E-state index >= 15 is 0 Å². The molecule has 3 aromatic rings. The lowest BCUT2D eigenvalue weighted by atomic mass is 10.1. The van der Waals surface area contributed by atoms with Gasteiger partial charge in [-0.1, -0.05) is 18.2 Å². The Balaban J connectivity index is 1.99. The fourth-order valence-electron chi connectivity index (χ4n) is 2.20. The van der Waals surface area contributed by atoms with Crippen molar-refractivity contribution in [1.82, 2.24) is 4.98 Å². The van der Waals surface area contributed by atoms with Gasteiger partial charge in [-0.05, 0) is 23.8 Å². The molecule has 0 amide bonds. The molecule has 1 aromatic carbocycles. The van der Waals surface area contributed by atoms with Crippen molar-refractivity contribution in [2.24, 2.45) is 0 Å². The third kappa shape index (κ3) is 3.02. The third-order valence-electron chi connectivity index (χ3n) is 3.35. The molecule has 0 fully saturated rings. The minimum absolute atomic E-state index is 0.0809. The van der Waals surface area contributed by atoms with Crippen molar-refractivity contribution in [3.8, 4) is 11.5 Å². The Hall–Kier alpha value is -2.86. The highest BCUT2D eigenvalue weighted by Gasteiger charge is 2.10. The molecule has 2 N–H and O–H groups in total. The summed E-state index contributed by atoms with van der Waals surface area (Å²) in [5.41, 5.74) is 1.68. The predicted octanol–water partition coefficient (Wildman–Crippen LogP) is 3.88. The monoisotopic (exact) mass is 327 g/mol. The summed E-state index contributed by atoms with van der Waals surface area (Å²) in [6, 6.07) is 6.69. The summed E-state index contributed by atoms with van der Waals surface area (Å²) < 4.78 is 5.90. The molecule has 2 aromatic heterocycles. The zero-order valence-corrected chi connectivity index (χ0v) is 13.0. The van der Waals surface area contributed by atoms with E-state index in [0.29, 0.717) is 5.75 Å². The molecule has 0 radical (unpaired) electrons. The molecule has 116 valence electrons. The van der Waals surface area contributed by atoms with Crippen molar-refractivity contribution in [3.63, 3.8) is 0 Å². The second-order valence-corrected chi connectivity index (χ2v) is 5.90. The molecule has 0 saturated heterocycles. The lowest BCUT2D eigenvalue weighted by Gasteiger charge is -2.03. The van der Waals surface area contributed by atoms with Crippen LogP contribution in [0.3, 0.4) is 0 Å². The summed E-state index contributed by atoms with van der Waals surface area (Å²) >= 11 is 1.20. The zero-order chi connectivity index (χ0) is 16.4. The van der Waals surface area contributed by atoms with E-state index in [1.54, 1.807) is 36.7 Å². The molecule has 23 heavy (non-hydrogen) atoms. The number of benzene rings is 1. The molecule has 0 saturated carbocycles. The van der Waals surface area contributed by atoms with E-state index in [1.165, 1.54) is 18.4 Å². The van der Waals surface area contributed by atoms with E-state index in [2.05, 4.69) is 4.98 Å². The van der Waals surface area contributed by atoms with Gasteiger partial charge in [0.1, 0.15) is 4.88 Å². The van der Waals surface area contributed by atoms with Crippen LogP contribution in [-0.2, 0) is 0 Å². The van der Waals surface area contributed by atoms with Crippen molar-refractivity contribution in [1.29, 1.82) is 0 Å². The Kier molecular flexibility index (Phi) is 3.99. The minimum Gasteiger partial charge on any atom is -0.504 e. The number of thiophene rings is 1. The van der Waals surface area contributed by atoms with E-state index < -0.39 is 5.97 Å². The highest BCUT2D eigenvalue weighted by molar-refractivity contribution is 7.20. The molecule has 0 unspecified atom stereocenters. The van der Waals surface area contributed by atoms with E-state index in [-0.39, 0.29) is 10.6 Å². The normalized spacial score (nSPS) is 11.2. The van der Waals surface area contributed by atoms with Gasteiger partial charge >= 0.3 is 5.97 Å². The molecule has 0 bridgehead atoms. The molecule has 5 nitrogen and oxygen atoms in total. The number of phenols is 1. The van der Waals surface area contributed by atoms with Crippen LogP contribution < -0.4 is 4.74 Å². The number of aromatic carboxylic acids is 1. The highest BCUT2D eigenvalue weighted by Crippen LogP contribution is 2.30. The number of carbonyl (C=O) groups is 1. The molecule has 0 aliphatic rings. The van der Waals surface area contributed by atoms with Crippen LogP contribution >= 0.6 is 11.3 Å². The molecule has 0 spiro atoms. The Morgan fingerprint density at radius 1 is 1.26 bits per heavy atom. The summed E-state index contributed by atoms with van der Waals surface area (Å²) in [5, 5.41) is 19.6. The predicted molar refractivity (Wildman–Crippen MR) is 90.2 cm³/mol. The van der Waals surface area contributed by atoms with E-state index in [4.69, 9.17) is 9.84 Å². The summed E-state index contributed by atoms with van der Waals surface area (Å²) in [6.07, 6.45) is 7.07. The highest BCUT2D eigenvalue weighted by atomic mass is 32.1. The van der Waals surface area contributed by atoms with Crippen molar-refractivity contribution in [2.75, 3.05) is 7.11 Å². The van der Waals surface area contributed by atoms with Gasteiger partial charge in [0.25, 0.3) is 0 Å². The van der Waals surface area contributed by atoms with Crippen LogP contribution in [0.2, 0.25) is 0 Å². The van der Waals surface area contributed by atoms with Gasteiger partial charge in [-0.15, -0.1) is 11.3 Å². The number of fused-ring (bicyclic) bond motifs is 1. The van der Waals surface area contributed by atoms with Gasteiger partial charge < -0.3 is 14.9 Å². The number of carboxylic acids is 1. The fraction of sp³-hybridized carbons (Fsp3) is 0.0588. The Morgan fingerprint density at radius 2 is 2.09 bits per heavy atom. The van der Waals surface area contributed by atoms with Crippen LogP contribution in [0, 0.1) is 0 Å². The largest absolute Gasteiger partial charge is 0.504 e. The summed E-state index contributed by atoms with van der Waals surface area (Å²) in [4.78, 5) is 15.5. The molecule has 0 atom stereocenters. The maximum absolute atomic E-state index is 11.1. The second kappa shape index (κ2) is 6.10. The molecule has 6 heteroatoms. The number of nitrogens with zero attached hydrogens (tertiary/aromatic N) is 1. The number of carboxylic acid groups (broad SMARTS) is 1. The smallest absolute Gasteiger partial charge is 0.345 e. The molecule has 3 rings (SSSR count). The summed E-state index contributed by atoms with van der Waals surface area (Å²) in [7, 11) is 1.49. The zero-order valence-electron chi connectivity index (χ0n) is 12.2. The van der Waals surface area contributed by atoms with E-state index in [0.717, 1.165) is 21.2 Å². The standard InChI is InChI=1S/C17H13NO4S/c1-22-14-6-10(3-5-13(14)19)2-4-11-8-18-9-16-12(11)7-15(23-16)17(20)21/h2-9,19H,1H3,(H,20,21)/b4-2+. The first-order valence-corrected chi connectivity index (χ1v) is 7.56. The molecule has 2 heterocycles.